The fourth-order valence-electron chi connectivity index (χ4n) is 2.31. The van der Waals surface area contributed by atoms with Crippen LogP contribution in [0.2, 0.25) is 0 Å². The number of rotatable bonds is 11. The molecule has 0 saturated heterocycles. The van der Waals surface area contributed by atoms with E-state index in [0.717, 1.165) is 38.2 Å². The third-order valence-electron chi connectivity index (χ3n) is 3.64. The fraction of sp³-hybridized carbons (Fsp3) is 0.667. The van der Waals surface area contributed by atoms with E-state index in [-0.39, 0.29) is 4.75 Å². The van der Waals surface area contributed by atoms with Crippen molar-refractivity contribution in [2.75, 3.05) is 52.8 Å². The average Bonchev–Trinajstić information content (AvgIpc) is 2.48. The number of nitrogens with zero attached hydrogens (tertiary/aromatic N) is 1. The molecule has 5 heteroatoms. The van der Waals surface area contributed by atoms with Gasteiger partial charge in [-0.3, -0.25) is 4.90 Å². The first-order chi connectivity index (χ1) is 10.7. The molecular weight excluding hydrogens is 341 g/mol. The Bertz CT molecular complexity index is 487. The highest BCUT2D eigenvalue weighted by Gasteiger charge is 2.23. The molecule has 1 aromatic carbocycles. The van der Waals surface area contributed by atoms with Gasteiger partial charge in [0.15, 0.2) is 0 Å². The first kappa shape index (κ1) is 21.2. The van der Waals surface area contributed by atoms with Gasteiger partial charge in [0.25, 0.3) is 0 Å². The third kappa shape index (κ3) is 10.6. The summed E-state index contributed by atoms with van der Waals surface area (Å²) in [6, 6.07) is 9.58. The highest BCUT2D eigenvalue weighted by atomic mass is 32.4. The van der Waals surface area contributed by atoms with E-state index in [0.29, 0.717) is 0 Å². The first-order valence-electron chi connectivity index (χ1n) is 8.15. The Balaban J connectivity index is 2.54. The van der Waals surface area contributed by atoms with Gasteiger partial charge in [0.1, 0.15) is 0 Å². The summed E-state index contributed by atoms with van der Waals surface area (Å²) in [7, 11) is 1.78. The average molecular weight is 374 g/mol. The first-order valence-corrected chi connectivity index (χ1v) is 13.0. The molecule has 0 unspecified atom stereocenters. The summed E-state index contributed by atoms with van der Waals surface area (Å²) in [5.41, 5.74) is 1.40. The lowest BCUT2D eigenvalue weighted by Gasteiger charge is -2.33. The maximum atomic E-state index is 5.62. The van der Waals surface area contributed by atoms with Crippen LogP contribution in [-0.4, -0.2) is 62.5 Å². The Morgan fingerprint density at radius 3 is 2.39 bits per heavy atom. The Morgan fingerprint density at radius 2 is 1.83 bits per heavy atom. The van der Waals surface area contributed by atoms with Crippen LogP contribution in [0.1, 0.15) is 19.4 Å². The minimum atomic E-state index is -1.14. The molecule has 0 aliphatic heterocycles. The molecule has 0 amide bonds. The Labute approximate surface area is 152 Å². The highest BCUT2D eigenvalue weighted by molar-refractivity contribution is 8.14. The minimum Gasteiger partial charge on any atom is -0.383 e. The molecule has 0 atom stereocenters. The van der Waals surface area contributed by atoms with Gasteiger partial charge in [-0.2, -0.15) is 0 Å². The highest BCUT2D eigenvalue weighted by Crippen LogP contribution is 2.36. The van der Waals surface area contributed by atoms with E-state index < -0.39 is 6.04 Å². The van der Waals surface area contributed by atoms with Crippen LogP contribution in [-0.2, 0) is 22.3 Å². The van der Waals surface area contributed by atoms with Crippen LogP contribution in [0.25, 0.3) is 0 Å². The molecule has 0 fully saturated rings. The summed E-state index contributed by atoms with van der Waals surface area (Å²) in [6.45, 7) is 13.1. The predicted molar refractivity (Wildman–Crippen MR) is 111 cm³/mol. The molecule has 0 aromatic heterocycles. The van der Waals surface area contributed by atoms with Gasteiger partial charge in [-0.1, -0.05) is 42.1 Å². The monoisotopic (exact) mass is 373 g/mol. The molecule has 23 heavy (non-hydrogen) atoms. The summed E-state index contributed by atoms with van der Waals surface area (Å²) in [5, 5.41) is 0. The molecule has 2 nitrogen and oxygen atoms in total. The van der Waals surface area contributed by atoms with E-state index in [1.165, 1.54) is 5.56 Å². The zero-order valence-corrected chi connectivity index (χ0v) is 17.8. The molecule has 0 spiro atoms. The van der Waals surface area contributed by atoms with E-state index in [9.17, 15) is 0 Å². The minimum absolute atomic E-state index is 0.216. The second kappa shape index (κ2) is 10.2. The lowest BCUT2D eigenvalue weighted by molar-refractivity contribution is 0.147. The van der Waals surface area contributed by atoms with Crippen molar-refractivity contribution in [2.45, 2.75) is 24.3 Å². The van der Waals surface area contributed by atoms with Crippen molar-refractivity contribution in [1.82, 2.24) is 4.90 Å². The van der Waals surface area contributed by atoms with Crippen molar-refractivity contribution < 1.29 is 4.74 Å². The maximum Gasteiger partial charge on any atom is 0.0589 e. The maximum absolute atomic E-state index is 5.62. The Hall–Kier alpha value is 0.140. The summed E-state index contributed by atoms with van der Waals surface area (Å²) in [5.74, 6) is 1.06. The van der Waals surface area contributed by atoms with Crippen LogP contribution < -0.4 is 0 Å². The quantitative estimate of drug-likeness (QED) is 0.533. The van der Waals surface area contributed by atoms with Crippen molar-refractivity contribution in [2.24, 2.45) is 0 Å². The Kier molecular flexibility index (Phi) is 9.40. The van der Waals surface area contributed by atoms with E-state index in [1.807, 2.05) is 11.8 Å². The van der Waals surface area contributed by atoms with Gasteiger partial charge >= 0.3 is 0 Å². The molecule has 0 aliphatic carbocycles. The number of ether oxygens (including phenoxy) is 1. The number of benzene rings is 1. The molecule has 1 rings (SSSR count). The molecule has 132 valence electrons. The van der Waals surface area contributed by atoms with E-state index in [4.69, 9.17) is 16.5 Å². The van der Waals surface area contributed by atoms with E-state index >= 15 is 0 Å². The molecule has 0 N–H and O–H groups in total. The normalized spacial score (nSPS) is 12.8. The third-order valence-corrected chi connectivity index (χ3v) is 6.86. The molecule has 0 aliphatic rings. The second-order valence-electron chi connectivity index (χ2n) is 7.10. The lowest BCUT2D eigenvalue weighted by atomic mass is 10.2. The van der Waals surface area contributed by atoms with Gasteiger partial charge in [0.05, 0.1) is 6.61 Å². The van der Waals surface area contributed by atoms with Gasteiger partial charge in [-0.25, -0.2) is 0 Å². The molecule has 0 radical (unpaired) electrons. The molecule has 0 bridgehead atoms. The van der Waals surface area contributed by atoms with E-state index in [1.54, 1.807) is 7.11 Å². The van der Waals surface area contributed by atoms with Crippen LogP contribution >= 0.6 is 17.8 Å². The van der Waals surface area contributed by atoms with E-state index in [2.05, 4.69) is 62.4 Å². The summed E-state index contributed by atoms with van der Waals surface area (Å²) >= 11 is 7.65. The van der Waals surface area contributed by atoms with Gasteiger partial charge < -0.3 is 4.74 Å². The largest absolute Gasteiger partial charge is 0.383 e. The van der Waals surface area contributed by atoms with Crippen LogP contribution in [0, 0.1) is 0 Å². The van der Waals surface area contributed by atoms with Crippen LogP contribution in [0.15, 0.2) is 30.3 Å². The zero-order chi connectivity index (χ0) is 17.3. The number of methoxy groups -OCH3 is 1. The number of thioether (sulfide) groups is 1. The number of hydrogen-bond acceptors (Lipinski definition) is 4. The second-order valence-corrected chi connectivity index (χ2v) is 15.3. The summed E-state index contributed by atoms with van der Waals surface area (Å²) in [4.78, 5) is 2.52. The molecule has 1 aromatic rings. The fourth-order valence-corrected chi connectivity index (χ4v) is 4.34. The molecule has 0 saturated carbocycles. The van der Waals surface area contributed by atoms with Crippen molar-refractivity contribution >= 4 is 29.6 Å². The summed E-state index contributed by atoms with van der Waals surface area (Å²) in [6.07, 6.45) is 1.14. The Morgan fingerprint density at radius 1 is 1.17 bits per heavy atom. The van der Waals surface area contributed by atoms with Gasteiger partial charge in [-0.05, 0) is 44.9 Å². The van der Waals surface area contributed by atoms with Crippen molar-refractivity contribution in [3.05, 3.63) is 35.9 Å². The van der Waals surface area contributed by atoms with Gasteiger partial charge in [0, 0.05) is 37.2 Å². The smallest absolute Gasteiger partial charge is 0.0589 e. The zero-order valence-electron chi connectivity index (χ0n) is 15.2. The lowest BCUT2D eigenvalue weighted by Crippen LogP contribution is -2.40. The van der Waals surface area contributed by atoms with Gasteiger partial charge in [0.2, 0.25) is 0 Å². The molecular formula is C18H32NOPS2. The van der Waals surface area contributed by atoms with Gasteiger partial charge in [-0.15, -0.1) is 11.8 Å². The molecule has 0 heterocycles. The summed E-state index contributed by atoms with van der Waals surface area (Å²) < 4.78 is 5.50. The van der Waals surface area contributed by atoms with Crippen LogP contribution in [0.3, 0.4) is 0 Å². The predicted octanol–water partition coefficient (Wildman–Crippen LogP) is 4.39. The standard InChI is InChI=1S/C18H32NOPS2/c1-18(2,23-15-17-9-7-6-8-10-17)16-19(11-13-20-3)12-14-21(4,5)22/h6-10H,11-16H2,1-5H3. The van der Waals surface area contributed by atoms with Crippen molar-refractivity contribution in [3.8, 4) is 0 Å². The number of hydrogen-bond donors (Lipinski definition) is 0. The SMILES string of the molecule is COCCN(CCP(C)(C)=S)CC(C)(C)SCc1ccccc1. The van der Waals surface area contributed by atoms with Crippen molar-refractivity contribution in [3.63, 3.8) is 0 Å². The van der Waals surface area contributed by atoms with Crippen LogP contribution in [0.4, 0.5) is 0 Å². The topological polar surface area (TPSA) is 12.5 Å². The van der Waals surface area contributed by atoms with Crippen LogP contribution in [0.5, 0.6) is 0 Å². The van der Waals surface area contributed by atoms with Crippen molar-refractivity contribution in [1.29, 1.82) is 0 Å².